The maximum atomic E-state index is 13.4. The second-order valence-electron chi connectivity index (χ2n) is 10.1. The summed E-state index contributed by atoms with van der Waals surface area (Å²) < 4.78 is 10.6. The van der Waals surface area contributed by atoms with E-state index in [1.165, 1.54) is 0 Å². The highest BCUT2D eigenvalue weighted by atomic mass is 16.7. The summed E-state index contributed by atoms with van der Waals surface area (Å²) in [5.74, 6) is -0.592. The van der Waals surface area contributed by atoms with Crippen molar-refractivity contribution in [1.29, 1.82) is 0 Å². The van der Waals surface area contributed by atoms with Gasteiger partial charge in [0, 0.05) is 41.5 Å². The van der Waals surface area contributed by atoms with E-state index in [9.17, 15) is 19.2 Å². The van der Waals surface area contributed by atoms with E-state index in [1.807, 2.05) is 17.0 Å². The molecule has 1 fully saturated rings. The van der Waals surface area contributed by atoms with E-state index >= 15 is 0 Å². The summed E-state index contributed by atoms with van der Waals surface area (Å²) in [4.78, 5) is 56.9. The number of rotatable bonds is 13. The molecule has 0 saturated heterocycles. The van der Waals surface area contributed by atoms with Crippen molar-refractivity contribution in [3.05, 3.63) is 89.0 Å². The Balaban J connectivity index is 1.14. The number of fused-ring (bicyclic) bond motifs is 1. The fourth-order valence-electron chi connectivity index (χ4n) is 4.45. The fraction of sp³-hybridized carbons (Fsp3) is 0.290. The number of amides is 4. The van der Waals surface area contributed by atoms with Crippen LogP contribution in [0, 0.1) is 0 Å². The van der Waals surface area contributed by atoms with Crippen molar-refractivity contribution in [1.82, 2.24) is 10.4 Å². The van der Waals surface area contributed by atoms with Gasteiger partial charge in [0.1, 0.15) is 5.75 Å². The second kappa shape index (κ2) is 13.9. The molecule has 3 aromatic carbocycles. The Bertz CT molecular complexity index is 1470. The van der Waals surface area contributed by atoms with Crippen molar-refractivity contribution in [3.63, 3.8) is 0 Å². The van der Waals surface area contributed by atoms with Gasteiger partial charge in [0.2, 0.25) is 0 Å². The molecule has 5 N–H and O–H groups in total. The van der Waals surface area contributed by atoms with Crippen molar-refractivity contribution in [2.75, 3.05) is 43.6 Å². The molecule has 224 valence electrons. The van der Waals surface area contributed by atoms with Crippen molar-refractivity contribution >= 4 is 35.0 Å². The molecule has 43 heavy (non-hydrogen) atoms. The zero-order valence-corrected chi connectivity index (χ0v) is 23.5. The molecule has 1 aliphatic heterocycles. The predicted octanol–water partition coefficient (Wildman–Crippen LogP) is 2.71. The highest BCUT2D eigenvalue weighted by Crippen LogP contribution is 2.33. The molecule has 0 aromatic heterocycles. The maximum absolute atomic E-state index is 13.4. The zero-order valence-electron chi connectivity index (χ0n) is 23.5. The molecule has 3 aromatic rings. The number of carbonyl (C=O) groups is 4. The number of nitrogens with zero attached hydrogens (tertiary/aromatic N) is 1. The van der Waals surface area contributed by atoms with Crippen molar-refractivity contribution < 1.29 is 33.5 Å². The molecule has 0 radical (unpaired) electrons. The number of benzene rings is 3. The van der Waals surface area contributed by atoms with Gasteiger partial charge in [-0.15, -0.1) is 0 Å². The van der Waals surface area contributed by atoms with E-state index in [0.29, 0.717) is 60.1 Å². The van der Waals surface area contributed by atoms with Gasteiger partial charge in [-0.2, -0.15) is 0 Å². The molecular formula is C31H33N5O7. The van der Waals surface area contributed by atoms with Gasteiger partial charge in [0.25, 0.3) is 23.6 Å². The Hall–Kier alpha value is -4.78. The first-order chi connectivity index (χ1) is 20.9. The minimum Gasteiger partial charge on any atom is -0.482 e. The lowest BCUT2D eigenvalue weighted by atomic mass is 10.1. The largest absolute Gasteiger partial charge is 0.482 e. The first kappa shape index (κ1) is 29.7. The predicted molar refractivity (Wildman–Crippen MR) is 158 cm³/mol. The number of carbonyl (C=O) groups excluding carboxylic acids is 4. The van der Waals surface area contributed by atoms with Gasteiger partial charge in [-0.25, -0.2) is 5.48 Å². The molecule has 12 heteroatoms. The molecule has 5 rings (SSSR count). The molecule has 1 heterocycles. The van der Waals surface area contributed by atoms with Crippen molar-refractivity contribution in [2.24, 2.45) is 5.73 Å². The van der Waals surface area contributed by atoms with Gasteiger partial charge in [-0.1, -0.05) is 12.1 Å². The van der Waals surface area contributed by atoms with Gasteiger partial charge in [-0.3, -0.25) is 24.0 Å². The van der Waals surface area contributed by atoms with E-state index in [0.717, 1.165) is 18.4 Å². The summed E-state index contributed by atoms with van der Waals surface area (Å²) in [5.41, 5.74) is 11.0. The van der Waals surface area contributed by atoms with Crippen LogP contribution in [0.4, 0.5) is 11.4 Å². The maximum Gasteiger partial charge on any atom is 0.274 e. The van der Waals surface area contributed by atoms with E-state index in [1.54, 1.807) is 54.6 Å². The van der Waals surface area contributed by atoms with E-state index in [-0.39, 0.29) is 37.0 Å². The first-order valence-corrected chi connectivity index (χ1v) is 14.0. The molecule has 0 bridgehead atoms. The standard InChI is InChI=1S/C31H33N5O7/c32-13-14-41-15-16-43-35-30(39)22-5-8-24(9-6-22)33-29(38)21-3-1-20(2-4-21)18-36(25-10-11-25)31(40)23-7-12-26-27(17-23)42-19-28(37)34-26/h1-9,12,17,25H,10-11,13-16,18-19,32H2,(H,33,38)(H,34,37)(H,35,39). The van der Waals surface area contributed by atoms with Crippen LogP contribution in [0.15, 0.2) is 66.7 Å². The first-order valence-electron chi connectivity index (χ1n) is 14.0. The molecule has 2 aliphatic rings. The normalized spacial score (nSPS) is 13.7. The molecule has 0 spiro atoms. The number of nitrogens with two attached hydrogens (primary N) is 1. The summed E-state index contributed by atoms with van der Waals surface area (Å²) in [5, 5.41) is 5.55. The third kappa shape index (κ3) is 7.95. The van der Waals surface area contributed by atoms with Crippen LogP contribution in [-0.2, 0) is 20.9 Å². The molecule has 1 saturated carbocycles. The van der Waals surface area contributed by atoms with Crippen LogP contribution in [0.3, 0.4) is 0 Å². The summed E-state index contributed by atoms with van der Waals surface area (Å²) in [6, 6.07) is 18.7. The third-order valence-electron chi connectivity index (χ3n) is 6.84. The number of hydrogen-bond donors (Lipinski definition) is 4. The summed E-state index contributed by atoms with van der Waals surface area (Å²) in [6.45, 7) is 1.66. The summed E-state index contributed by atoms with van der Waals surface area (Å²) in [6.07, 6.45) is 1.86. The number of ether oxygens (including phenoxy) is 2. The number of hydroxylamine groups is 1. The highest BCUT2D eigenvalue weighted by Gasteiger charge is 2.33. The van der Waals surface area contributed by atoms with E-state index in [4.69, 9.17) is 20.0 Å². The van der Waals surface area contributed by atoms with Crippen molar-refractivity contribution in [2.45, 2.75) is 25.4 Å². The Morgan fingerprint density at radius 3 is 2.33 bits per heavy atom. The Morgan fingerprint density at radius 2 is 1.60 bits per heavy atom. The Labute approximate surface area is 248 Å². The monoisotopic (exact) mass is 587 g/mol. The fourth-order valence-corrected chi connectivity index (χ4v) is 4.45. The lowest BCUT2D eigenvalue weighted by Crippen LogP contribution is -2.33. The van der Waals surface area contributed by atoms with Gasteiger partial charge < -0.3 is 30.7 Å². The van der Waals surface area contributed by atoms with Crippen LogP contribution >= 0.6 is 0 Å². The lowest BCUT2D eigenvalue weighted by molar-refractivity contribution is -0.118. The van der Waals surface area contributed by atoms with Crippen LogP contribution < -0.4 is 26.6 Å². The van der Waals surface area contributed by atoms with Crippen LogP contribution in [0.25, 0.3) is 0 Å². The SMILES string of the molecule is NCCOCCONC(=O)c1ccc(NC(=O)c2ccc(CN(C(=O)c3ccc4c(c3)OCC(=O)N4)C3CC3)cc2)cc1. The van der Waals surface area contributed by atoms with Gasteiger partial charge in [-0.05, 0) is 73.0 Å². The highest BCUT2D eigenvalue weighted by molar-refractivity contribution is 6.04. The number of anilines is 2. The molecule has 0 unspecified atom stereocenters. The smallest absolute Gasteiger partial charge is 0.274 e. The van der Waals surface area contributed by atoms with Crippen LogP contribution in [0.5, 0.6) is 5.75 Å². The molecule has 0 atom stereocenters. The van der Waals surface area contributed by atoms with Gasteiger partial charge in [0.15, 0.2) is 6.61 Å². The average molecular weight is 588 g/mol. The minimum absolute atomic E-state index is 0.0815. The second-order valence-corrected chi connectivity index (χ2v) is 10.1. The minimum atomic E-state index is -0.417. The van der Waals surface area contributed by atoms with Crippen molar-refractivity contribution in [3.8, 4) is 5.75 Å². The van der Waals surface area contributed by atoms with Gasteiger partial charge in [0.05, 0.1) is 25.5 Å². The average Bonchev–Trinajstić information content (AvgIpc) is 3.87. The molecular weight excluding hydrogens is 554 g/mol. The molecule has 4 amide bonds. The topological polar surface area (TPSA) is 161 Å². The number of nitrogens with one attached hydrogen (secondary N) is 3. The van der Waals surface area contributed by atoms with Crippen LogP contribution in [0.2, 0.25) is 0 Å². The van der Waals surface area contributed by atoms with Crippen LogP contribution in [0.1, 0.15) is 49.5 Å². The lowest BCUT2D eigenvalue weighted by Gasteiger charge is -2.24. The quantitative estimate of drug-likeness (QED) is 0.175. The Morgan fingerprint density at radius 1 is 0.907 bits per heavy atom. The van der Waals surface area contributed by atoms with E-state index in [2.05, 4.69) is 16.1 Å². The third-order valence-corrected chi connectivity index (χ3v) is 6.84. The number of hydrogen-bond acceptors (Lipinski definition) is 8. The summed E-state index contributed by atoms with van der Waals surface area (Å²) in [7, 11) is 0. The summed E-state index contributed by atoms with van der Waals surface area (Å²) >= 11 is 0. The molecule has 12 nitrogen and oxygen atoms in total. The van der Waals surface area contributed by atoms with Gasteiger partial charge >= 0.3 is 0 Å². The van der Waals surface area contributed by atoms with E-state index < -0.39 is 5.91 Å². The zero-order chi connectivity index (χ0) is 30.2. The molecule has 1 aliphatic carbocycles. The van der Waals surface area contributed by atoms with Crippen LogP contribution in [-0.4, -0.2) is 67.5 Å². The Kier molecular flexibility index (Phi) is 9.62.